The Labute approximate surface area is 204 Å². The molecule has 2 aromatic carbocycles. The van der Waals surface area contributed by atoms with Crippen LogP contribution >= 0.6 is 23.2 Å². The quantitative estimate of drug-likeness (QED) is 0.298. The van der Waals surface area contributed by atoms with Crippen LogP contribution in [0.15, 0.2) is 48.0 Å². The van der Waals surface area contributed by atoms with Crippen LogP contribution in [0.3, 0.4) is 0 Å². The molecular weight excluding hydrogens is 463 g/mol. The first-order valence-electron chi connectivity index (χ1n) is 10.9. The average molecular weight is 491 g/mol. The first-order valence-corrected chi connectivity index (χ1v) is 11.7. The molecule has 33 heavy (non-hydrogen) atoms. The van der Waals surface area contributed by atoms with E-state index in [0.29, 0.717) is 34.9 Å². The SMILES string of the molecule is CCN(CC)CCCN1C(=O)C(=O)/C(=C(/O)c2ccc(OC)c(Cl)c2)[C@H]1c1ccc(Cl)cc1. The van der Waals surface area contributed by atoms with E-state index in [9.17, 15) is 14.7 Å². The van der Waals surface area contributed by atoms with Gasteiger partial charge in [0.1, 0.15) is 11.5 Å². The number of Topliss-reactive ketones (excluding diaryl/α,β-unsaturated/α-hetero) is 1. The number of benzene rings is 2. The van der Waals surface area contributed by atoms with Crippen molar-refractivity contribution in [3.63, 3.8) is 0 Å². The van der Waals surface area contributed by atoms with Crippen molar-refractivity contribution < 1.29 is 19.4 Å². The summed E-state index contributed by atoms with van der Waals surface area (Å²) in [5, 5.41) is 12.0. The van der Waals surface area contributed by atoms with Gasteiger partial charge in [0, 0.05) is 17.1 Å². The molecular formula is C25H28Cl2N2O4. The second-order valence-electron chi connectivity index (χ2n) is 7.77. The van der Waals surface area contributed by atoms with Gasteiger partial charge in [-0.05, 0) is 62.0 Å². The van der Waals surface area contributed by atoms with Gasteiger partial charge in [0.2, 0.25) is 0 Å². The second kappa shape index (κ2) is 11.1. The van der Waals surface area contributed by atoms with Crippen molar-refractivity contribution in [3.05, 3.63) is 69.2 Å². The molecule has 8 heteroatoms. The van der Waals surface area contributed by atoms with Crippen LogP contribution in [0.4, 0.5) is 0 Å². The number of nitrogens with zero attached hydrogens (tertiary/aromatic N) is 2. The Bertz CT molecular complexity index is 1050. The van der Waals surface area contributed by atoms with Crippen LogP contribution in [0, 0.1) is 0 Å². The van der Waals surface area contributed by atoms with Crippen LogP contribution in [-0.2, 0) is 9.59 Å². The van der Waals surface area contributed by atoms with E-state index in [2.05, 4.69) is 18.7 Å². The number of methoxy groups -OCH3 is 1. The number of aliphatic hydroxyl groups is 1. The number of hydrogen-bond donors (Lipinski definition) is 1. The van der Waals surface area contributed by atoms with Crippen molar-refractivity contribution in [1.82, 2.24) is 9.80 Å². The van der Waals surface area contributed by atoms with Gasteiger partial charge >= 0.3 is 0 Å². The zero-order valence-electron chi connectivity index (χ0n) is 19.0. The summed E-state index contributed by atoms with van der Waals surface area (Å²) in [5.41, 5.74) is 1.06. The normalized spacial score (nSPS) is 17.8. The first kappa shape index (κ1) is 25.1. The van der Waals surface area contributed by atoms with Gasteiger partial charge in [-0.3, -0.25) is 9.59 Å². The number of likely N-dealkylation sites (tertiary alicyclic amines) is 1. The topological polar surface area (TPSA) is 70.1 Å². The van der Waals surface area contributed by atoms with Crippen molar-refractivity contribution in [2.75, 3.05) is 33.3 Å². The highest BCUT2D eigenvalue weighted by atomic mass is 35.5. The van der Waals surface area contributed by atoms with Crippen LogP contribution in [0.1, 0.15) is 37.4 Å². The van der Waals surface area contributed by atoms with Gasteiger partial charge in [0.05, 0.1) is 23.7 Å². The smallest absolute Gasteiger partial charge is 0.295 e. The van der Waals surface area contributed by atoms with Gasteiger partial charge in [0.15, 0.2) is 0 Å². The Hall–Kier alpha value is -2.54. The van der Waals surface area contributed by atoms with Crippen molar-refractivity contribution in [2.24, 2.45) is 0 Å². The lowest BCUT2D eigenvalue weighted by atomic mass is 9.95. The van der Waals surface area contributed by atoms with Crippen LogP contribution in [0.25, 0.3) is 5.76 Å². The highest BCUT2D eigenvalue weighted by Gasteiger charge is 2.45. The highest BCUT2D eigenvalue weighted by Crippen LogP contribution is 2.40. The number of ether oxygens (including phenoxy) is 1. The summed E-state index contributed by atoms with van der Waals surface area (Å²) in [6.07, 6.45) is 0.702. The zero-order chi connectivity index (χ0) is 24.1. The standard InChI is InChI=1S/C25H28Cl2N2O4/c1-4-28(5-2)13-6-14-29-22(16-7-10-18(26)11-8-16)21(24(31)25(29)32)23(30)17-9-12-20(33-3)19(27)15-17/h7-12,15,22,30H,4-6,13-14H2,1-3H3/b23-21+/t22-/m1/s1. The maximum atomic E-state index is 13.1. The van der Waals surface area contributed by atoms with Crippen molar-refractivity contribution >= 4 is 40.7 Å². The average Bonchev–Trinajstić information content (AvgIpc) is 3.06. The fourth-order valence-corrected chi connectivity index (χ4v) is 4.46. The molecule has 2 aromatic rings. The molecule has 0 aliphatic carbocycles. The number of halogens is 2. The first-order chi connectivity index (χ1) is 15.8. The molecule has 176 valence electrons. The fraction of sp³-hybridized carbons (Fsp3) is 0.360. The Morgan fingerprint density at radius 2 is 1.76 bits per heavy atom. The Morgan fingerprint density at radius 1 is 1.09 bits per heavy atom. The molecule has 0 radical (unpaired) electrons. The van der Waals surface area contributed by atoms with Gasteiger partial charge in [0.25, 0.3) is 11.7 Å². The van der Waals surface area contributed by atoms with E-state index in [1.54, 1.807) is 36.4 Å². The number of amides is 1. The molecule has 1 aliphatic heterocycles. The third kappa shape index (κ3) is 5.35. The molecule has 1 saturated heterocycles. The number of hydrogen-bond acceptors (Lipinski definition) is 5. The van der Waals surface area contributed by atoms with E-state index in [1.807, 2.05) is 0 Å². The largest absolute Gasteiger partial charge is 0.507 e. The van der Waals surface area contributed by atoms with E-state index in [-0.39, 0.29) is 16.4 Å². The fourth-order valence-electron chi connectivity index (χ4n) is 4.08. The maximum absolute atomic E-state index is 13.1. The molecule has 0 spiro atoms. The van der Waals surface area contributed by atoms with Gasteiger partial charge in [-0.15, -0.1) is 0 Å². The van der Waals surface area contributed by atoms with Crippen LogP contribution < -0.4 is 4.74 Å². The molecule has 0 bridgehead atoms. The molecule has 0 unspecified atom stereocenters. The van der Waals surface area contributed by atoms with Crippen molar-refractivity contribution in [3.8, 4) is 5.75 Å². The second-order valence-corrected chi connectivity index (χ2v) is 8.62. The lowest BCUT2D eigenvalue weighted by Gasteiger charge is -2.27. The predicted octanol–water partition coefficient (Wildman–Crippen LogP) is 5.16. The lowest BCUT2D eigenvalue weighted by molar-refractivity contribution is -0.140. The summed E-state index contributed by atoms with van der Waals surface area (Å²) in [6.45, 7) is 7.18. The molecule has 6 nitrogen and oxygen atoms in total. The predicted molar refractivity (Wildman–Crippen MR) is 131 cm³/mol. The summed E-state index contributed by atoms with van der Waals surface area (Å²) in [5.74, 6) is -1.18. The molecule has 0 saturated carbocycles. The van der Waals surface area contributed by atoms with Crippen LogP contribution in [0.2, 0.25) is 10.0 Å². The summed E-state index contributed by atoms with van der Waals surface area (Å²) >= 11 is 12.3. The summed E-state index contributed by atoms with van der Waals surface area (Å²) in [7, 11) is 1.49. The van der Waals surface area contributed by atoms with E-state index in [0.717, 1.165) is 19.6 Å². The minimum Gasteiger partial charge on any atom is -0.507 e. The molecule has 1 N–H and O–H groups in total. The molecule has 1 atom stereocenters. The van der Waals surface area contributed by atoms with Gasteiger partial charge in [-0.2, -0.15) is 0 Å². The number of carbonyl (C=O) groups excluding carboxylic acids is 2. The zero-order valence-corrected chi connectivity index (χ0v) is 20.5. The van der Waals surface area contributed by atoms with Crippen molar-refractivity contribution in [1.29, 1.82) is 0 Å². The molecule has 0 aromatic heterocycles. The van der Waals surface area contributed by atoms with Crippen molar-refractivity contribution in [2.45, 2.75) is 26.3 Å². The summed E-state index contributed by atoms with van der Waals surface area (Å²) in [6, 6.07) is 11.0. The lowest BCUT2D eigenvalue weighted by Crippen LogP contribution is -2.33. The van der Waals surface area contributed by atoms with E-state index >= 15 is 0 Å². The Kier molecular flexibility index (Phi) is 8.40. The van der Waals surface area contributed by atoms with E-state index in [1.165, 1.54) is 18.1 Å². The minimum absolute atomic E-state index is 0.0337. The third-order valence-electron chi connectivity index (χ3n) is 5.92. The third-order valence-corrected chi connectivity index (χ3v) is 6.47. The maximum Gasteiger partial charge on any atom is 0.295 e. The molecule has 3 rings (SSSR count). The summed E-state index contributed by atoms with van der Waals surface area (Å²) in [4.78, 5) is 29.9. The number of ketones is 1. The highest BCUT2D eigenvalue weighted by molar-refractivity contribution is 6.46. The van der Waals surface area contributed by atoms with E-state index < -0.39 is 17.7 Å². The Balaban J connectivity index is 2.04. The minimum atomic E-state index is -0.722. The van der Waals surface area contributed by atoms with Gasteiger partial charge in [-0.25, -0.2) is 0 Å². The number of aliphatic hydroxyl groups excluding tert-OH is 1. The van der Waals surface area contributed by atoms with Gasteiger partial charge < -0.3 is 19.6 Å². The molecule has 1 fully saturated rings. The summed E-state index contributed by atoms with van der Waals surface area (Å²) < 4.78 is 5.17. The molecule has 1 heterocycles. The molecule has 1 amide bonds. The Morgan fingerprint density at radius 3 is 2.33 bits per heavy atom. The number of carbonyl (C=O) groups is 2. The van der Waals surface area contributed by atoms with E-state index in [4.69, 9.17) is 27.9 Å². The van der Waals surface area contributed by atoms with Crippen LogP contribution in [0.5, 0.6) is 5.75 Å². The van der Waals surface area contributed by atoms with Crippen LogP contribution in [-0.4, -0.2) is 59.9 Å². The number of rotatable bonds is 9. The molecule has 1 aliphatic rings. The monoisotopic (exact) mass is 490 g/mol. The van der Waals surface area contributed by atoms with Gasteiger partial charge in [-0.1, -0.05) is 49.2 Å².